The summed E-state index contributed by atoms with van der Waals surface area (Å²) in [4.78, 5) is 32.0. The normalized spacial score (nSPS) is 11.6. The van der Waals surface area contributed by atoms with Crippen LogP contribution in [0, 0.1) is 6.92 Å². The van der Waals surface area contributed by atoms with Crippen LogP contribution in [0.25, 0.3) is 44.2 Å². The fourth-order valence-corrected chi connectivity index (χ4v) is 6.21. The standard InChI is InChI=1S/C39H42N6O3/c1-26-31(38(47)40-20-22-42(2)3)25-33(30-19-18-27-12-9-10-15-29(27)24-30)44(26)45-32-16-11-17-34(46)35(32)36(39(48)41-21-23-43(4)5)37(45)28-13-7-6-8-14-28/h6-19,24-25,46H,20-23H2,1-5H3,(H,40,47)(H,41,48). The molecule has 0 spiro atoms. The molecular weight excluding hydrogens is 600 g/mol. The Hall–Kier alpha value is -5.38. The van der Waals surface area contributed by atoms with Crippen LogP contribution in [-0.4, -0.2) is 90.4 Å². The van der Waals surface area contributed by atoms with Gasteiger partial charge >= 0.3 is 0 Å². The second-order valence-electron chi connectivity index (χ2n) is 12.6. The molecule has 2 heterocycles. The van der Waals surface area contributed by atoms with Crippen LogP contribution in [0.5, 0.6) is 5.75 Å². The van der Waals surface area contributed by atoms with Gasteiger partial charge in [-0.15, -0.1) is 0 Å². The van der Waals surface area contributed by atoms with Gasteiger partial charge in [-0.3, -0.25) is 14.3 Å². The van der Waals surface area contributed by atoms with Crippen molar-refractivity contribution in [1.82, 2.24) is 29.8 Å². The van der Waals surface area contributed by atoms with Crippen molar-refractivity contribution in [2.45, 2.75) is 6.92 Å². The Kier molecular flexibility index (Phi) is 9.34. The van der Waals surface area contributed by atoms with E-state index in [2.05, 4.69) is 41.0 Å². The maximum Gasteiger partial charge on any atom is 0.254 e. The zero-order valence-electron chi connectivity index (χ0n) is 28.1. The van der Waals surface area contributed by atoms with E-state index in [0.29, 0.717) is 59.6 Å². The molecule has 2 aromatic heterocycles. The van der Waals surface area contributed by atoms with Gasteiger partial charge in [0.2, 0.25) is 0 Å². The highest BCUT2D eigenvalue weighted by molar-refractivity contribution is 6.15. The Morgan fingerprint density at radius 2 is 1.33 bits per heavy atom. The van der Waals surface area contributed by atoms with E-state index < -0.39 is 0 Å². The number of likely N-dealkylation sites (N-methyl/N-ethyl adjacent to an activating group) is 2. The van der Waals surface area contributed by atoms with Gasteiger partial charge < -0.3 is 25.5 Å². The summed E-state index contributed by atoms with van der Waals surface area (Å²) in [6, 6.07) is 31.3. The third-order valence-corrected chi connectivity index (χ3v) is 8.62. The molecule has 0 radical (unpaired) electrons. The molecular formula is C39H42N6O3. The lowest BCUT2D eigenvalue weighted by molar-refractivity contribution is 0.0942. The number of phenolic OH excluding ortho intramolecular Hbond substituents is 1. The van der Waals surface area contributed by atoms with Crippen LogP contribution in [0.1, 0.15) is 26.4 Å². The van der Waals surface area contributed by atoms with Gasteiger partial charge in [-0.1, -0.05) is 72.8 Å². The smallest absolute Gasteiger partial charge is 0.254 e. The van der Waals surface area contributed by atoms with Crippen molar-refractivity contribution >= 4 is 33.5 Å². The predicted molar refractivity (Wildman–Crippen MR) is 194 cm³/mol. The number of nitrogens with one attached hydrogen (secondary N) is 2. The Morgan fingerprint density at radius 3 is 2.02 bits per heavy atom. The van der Waals surface area contributed by atoms with Crippen LogP contribution in [0.15, 0.2) is 97.1 Å². The van der Waals surface area contributed by atoms with Crippen LogP contribution >= 0.6 is 0 Å². The Labute approximate surface area is 281 Å². The van der Waals surface area contributed by atoms with E-state index in [9.17, 15) is 14.7 Å². The first-order valence-electron chi connectivity index (χ1n) is 16.2. The van der Waals surface area contributed by atoms with Crippen LogP contribution < -0.4 is 10.6 Å². The number of carbonyl (C=O) groups excluding carboxylic acids is 2. The van der Waals surface area contributed by atoms with Crippen molar-refractivity contribution < 1.29 is 14.7 Å². The predicted octanol–water partition coefficient (Wildman–Crippen LogP) is 5.84. The van der Waals surface area contributed by atoms with E-state index in [4.69, 9.17) is 0 Å². The number of benzene rings is 4. The third kappa shape index (κ3) is 6.30. The molecule has 0 atom stereocenters. The number of fused-ring (bicyclic) bond motifs is 2. The topological polar surface area (TPSA) is 94.8 Å². The highest BCUT2D eigenvalue weighted by atomic mass is 16.3. The van der Waals surface area contributed by atoms with Crippen molar-refractivity contribution in [3.63, 3.8) is 0 Å². The number of aromatic nitrogens is 2. The van der Waals surface area contributed by atoms with Gasteiger partial charge in [0, 0.05) is 37.3 Å². The number of amides is 2. The first-order valence-corrected chi connectivity index (χ1v) is 16.2. The second-order valence-corrected chi connectivity index (χ2v) is 12.6. The van der Waals surface area contributed by atoms with Gasteiger partial charge in [-0.25, -0.2) is 4.68 Å². The molecule has 246 valence electrons. The first-order chi connectivity index (χ1) is 23.2. The molecule has 9 heteroatoms. The van der Waals surface area contributed by atoms with Crippen LogP contribution in [-0.2, 0) is 0 Å². The van der Waals surface area contributed by atoms with Crippen LogP contribution in [0.2, 0.25) is 0 Å². The highest BCUT2D eigenvalue weighted by Crippen LogP contribution is 2.41. The lowest BCUT2D eigenvalue weighted by Crippen LogP contribution is -2.32. The summed E-state index contributed by atoms with van der Waals surface area (Å²) in [6.45, 7) is 4.21. The molecule has 0 aliphatic heterocycles. The number of carbonyl (C=O) groups is 2. The largest absolute Gasteiger partial charge is 0.507 e. The molecule has 4 aromatic carbocycles. The molecule has 48 heavy (non-hydrogen) atoms. The number of nitrogens with zero attached hydrogens (tertiary/aromatic N) is 4. The maximum atomic E-state index is 14.2. The van der Waals surface area contributed by atoms with Gasteiger partial charge in [0.25, 0.3) is 11.8 Å². The summed E-state index contributed by atoms with van der Waals surface area (Å²) >= 11 is 0. The fourth-order valence-electron chi connectivity index (χ4n) is 6.21. The van der Waals surface area contributed by atoms with Gasteiger partial charge in [0.05, 0.1) is 39.1 Å². The summed E-state index contributed by atoms with van der Waals surface area (Å²) in [5.74, 6) is -0.475. The van der Waals surface area contributed by atoms with Crippen molar-refractivity contribution in [2.75, 3.05) is 54.4 Å². The quantitative estimate of drug-likeness (QED) is 0.165. The van der Waals surface area contributed by atoms with Crippen molar-refractivity contribution in [2.24, 2.45) is 0 Å². The number of aromatic hydroxyl groups is 1. The van der Waals surface area contributed by atoms with E-state index in [1.165, 1.54) is 0 Å². The number of hydrogen-bond donors (Lipinski definition) is 3. The molecule has 0 aliphatic rings. The average Bonchev–Trinajstić information content (AvgIpc) is 3.60. The van der Waals surface area contributed by atoms with Crippen molar-refractivity contribution in [1.29, 1.82) is 0 Å². The zero-order chi connectivity index (χ0) is 33.9. The Balaban J connectivity index is 1.66. The molecule has 0 fully saturated rings. The molecule has 2 amide bonds. The van der Waals surface area contributed by atoms with E-state index >= 15 is 0 Å². The molecule has 9 nitrogen and oxygen atoms in total. The molecule has 6 rings (SSSR count). The number of phenols is 1. The van der Waals surface area contributed by atoms with Crippen molar-refractivity contribution in [3.05, 3.63) is 114 Å². The van der Waals surface area contributed by atoms with Gasteiger partial charge in [0.15, 0.2) is 0 Å². The fraction of sp³-hybridized carbons (Fsp3) is 0.231. The average molecular weight is 643 g/mol. The monoisotopic (exact) mass is 642 g/mol. The summed E-state index contributed by atoms with van der Waals surface area (Å²) in [7, 11) is 7.85. The first kappa shape index (κ1) is 32.6. The lowest BCUT2D eigenvalue weighted by atomic mass is 10.0. The van der Waals surface area contributed by atoms with Gasteiger partial charge in [-0.2, -0.15) is 0 Å². The molecule has 0 unspecified atom stereocenters. The summed E-state index contributed by atoms with van der Waals surface area (Å²) in [5.41, 5.74) is 5.28. The number of rotatable bonds is 11. The summed E-state index contributed by atoms with van der Waals surface area (Å²) in [6.07, 6.45) is 0. The van der Waals surface area contributed by atoms with E-state index in [1.54, 1.807) is 12.1 Å². The molecule has 0 saturated carbocycles. The van der Waals surface area contributed by atoms with Crippen molar-refractivity contribution in [3.8, 4) is 28.3 Å². The van der Waals surface area contributed by atoms with Crippen LogP contribution in [0.4, 0.5) is 0 Å². The SMILES string of the molecule is Cc1c(C(=O)NCCN(C)C)cc(-c2ccc3ccccc3c2)n1-n1c(-c2ccccc2)c(C(=O)NCCN(C)C)c2c(O)cccc21. The lowest BCUT2D eigenvalue weighted by Gasteiger charge is -2.20. The minimum absolute atomic E-state index is 0.0000861. The van der Waals surface area contributed by atoms with E-state index in [1.807, 2.05) is 109 Å². The van der Waals surface area contributed by atoms with Gasteiger partial charge in [0.1, 0.15) is 5.75 Å². The highest BCUT2D eigenvalue weighted by Gasteiger charge is 2.30. The minimum Gasteiger partial charge on any atom is -0.507 e. The molecule has 6 aromatic rings. The second kappa shape index (κ2) is 13.8. The molecule has 0 bridgehead atoms. The number of hydrogen-bond acceptors (Lipinski definition) is 5. The molecule has 0 aliphatic carbocycles. The van der Waals surface area contributed by atoms with Crippen LogP contribution in [0.3, 0.4) is 0 Å². The van der Waals surface area contributed by atoms with Gasteiger partial charge in [-0.05, 0) is 70.2 Å². The summed E-state index contributed by atoms with van der Waals surface area (Å²) < 4.78 is 3.98. The zero-order valence-corrected chi connectivity index (χ0v) is 28.1. The molecule has 0 saturated heterocycles. The van der Waals surface area contributed by atoms with E-state index in [0.717, 1.165) is 27.6 Å². The Bertz CT molecular complexity index is 2110. The minimum atomic E-state index is -0.292. The molecule has 3 N–H and O–H groups in total. The maximum absolute atomic E-state index is 14.2. The third-order valence-electron chi connectivity index (χ3n) is 8.62. The summed E-state index contributed by atoms with van der Waals surface area (Å²) in [5, 5.41) is 20.1. The Morgan fingerprint density at radius 1 is 0.688 bits per heavy atom. The van der Waals surface area contributed by atoms with E-state index in [-0.39, 0.29) is 17.6 Å².